The Morgan fingerprint density at radius 2 is 1.85 bits per heavy atom. The number of phenolic OH excluding ortho intramolecular Hbond substituents is 1. The monoisotopic (exact) mass is 279 g/mol. The highest BCUT2D eigenvalue weighted by Crippen LogP contribution is 2.28. The maximum absolute atomic E-state index is 9.97. The van der Waals surface area contributed by atoms with E-state index in [0.717, 1.165) is 12.1 Å². The maximum Gasteiger partial charge on any atom is 0.124 e. The molecule has 0 aliphatic heterocycles. The molecule has 114 valence electrons. The Balaban J connectivity index is 2.27. The molecular weight excluding hydrogens is 250 g/mol. The summed E-state index contributed by atoms with van der Waals surface area (Å²) in [6, 6.07) is 5.64. The third-order valence-electron chi connectivity index (χ3n) is 3.68. The number of aromatic hydroxyl groups is 1. The second kappa shape index (κ2) is 9.65. The number of methoxy groups -OCH3 is 1. The van der Waals surface area contributed by atoms with E-state index in [1.807, 2.05) is 12.1 Å². The van der Waals surface area contributed by atoms with Gasteiger partial charge >= 0.3 is 0 Å². The molecule has 0 aromatic heterocycles. The highest BCUT2D eigenvalue weighted by Gasteiger charge is 2.10. The fourth-order valence-corrected chi connectivity index (χ4v) is 2.35. The van der Waals surface area contributed by atoms with Crippen LogP contribution in [0.4, 0.5) is 0 Å². The van der Waals surface area contributed by atoms with Gasteiger partial charge in [0.1, 0.15) is 11.5 Å². The van der Waals surface area contributed by atoms with Gasteiger partial charge in [-0.3, -0.25) is 0 Å². The van der Waals surface area contributed by atoms with Gasteiger partial charge in [-0.1, -0.05) is 45.1 Å². The van der Waals surface area contributed by atoms with E-state index >= 15 is 0 Å². The highest BCUT2D eigenvalue weighted by atomic mass is 16.5. The summed E-state index contributed by atoms with van der Waals surface area (Å²) in [7, 11) is 1.61. The maximum atomic E-state index is 9.97. The van der Waals surface area contributed by atoms with Gasteiger partial charge in [0.05, 0.1) is 7.11 Å². The summed E-state index contributed by atoms with van der Waals surface area (Å²) in [6.45, 7) is 5.32. The molecule has 2 N–H and O–H groups in total. The van der Waals surface area contributed by atoms with Crippen molar-refractivity contribution in [3.05, 3.63) is 23.8 Å². The molecule has 1 atom stereocenters. The Bertz CT molecular complexity index is 379. The summed E-state index contributed by atoms with van der Waals surface area (Å²) < 4.78 is 5.09. The van der Waals surface area contributed by atoms with Crippen LogP contribution in [-0.2, 0) is 0 Å². The molecule has 3 heteroatoms. The summed E-state index contributed by atoms with van der Waals surface area (Å²) in [6.07, 6.45) is 7.82. The van der Waals surface area contributed by atoms with Gasteiger partial charge in [0.2, 0.25) is 0 Å². The van der Waals surface area contributed by atoms with Crippen LogP contribution < -0.4 is 10.1 Å². The zero-order valence-corrected chi connectivity index (χ0v) is 13.1. The molecule has 1 aromatic rings. The van der Waals surface area contributed by atoms with Gasteiger partial charge in [-0.15, -0.1) is 0 Å². The molecule has 0 saturated carbocycles. The second-order valence-electron chi connectivity index (χ2n) is 5.37. The number of hydrogen-bond donors (Lipinski definition) is 2. The Kier molecular flexibility index (Phi) is 8.12. The van der Waals surface area contributed by atoms with E-state index in [9.17, 15) is 5.11 Å². The quantitative estimate of drug-likeness (QED) is 0.623. The molecule has 20 heavy (non-hydrogen) atoms. The Morgan fingerprint density at radius 1 is 1.15 bits per heavy atom. The lowest BCUT2D eigenvalue weighted by Crippen LogP contribution is -2.19. The number of hydrogen-bond acceptors (Lipinski definition) is 3. The van der Waals surface area contributed by atoms with Crippen molar-refractivity contribution in [2.45, 2.75) is 58.4 Å². The predicted molar refractivity (Wildman–Crippen MR) is 84.5 cm³/mol. The van der Waals surface area contributed by atoms with Gasteiger partial charge in [-0.05, 0) is 26.0 Å². The summed E-state index contributed by atoms with van der Waals surface area (Å²) >= 11 is 0. The zero-order chi connectivity index (χ0) is 14.8. The van der Waals surface area contributed by atoms with Crippen LogP contribution in [0.5, 0.6) is 11.5 Å². The fourth-order valence-electron chi connectivity index (χ4n) is 2.35. The molecular formula is C17H29NO2. The molecule has 0 bridgehead atoms. The number of benzene rings is 1. The number of ether oxygens (including phenoxy) is 1. The summed E-state index contributed by atoms with van der Waals surface area (Å²) in [5, 5.41) is 13.4. The predicted octanol–water partition coefficient (Wildman–Crippen LogP) is 4.41. The van der Waals surface area contributed by atoms with Gasteiger partial charge in [0.15, 0.2) is 0 Å². The van der Waals surface area contributed by atoms with E-state index in [-0.39, 0.29) is 6.04 Å². The average Bonchev–Trinajstić information content (AvgIpc) is 2.45. The molecule has 0 radical (unpaired) electrons. The number of phenols is 1. The van der Waals surface area contributed by atoms with Crippen LogP contribution in [0, 0.1) is 0 Å². The van der Waals surface area contributed by atoms with Crippen molar-refractivity contribution >= 4 is 0 Å². The van der Waals surface area contributed by atoms with Crippen LogP contribution in [0.15, 0.2) is 18.2 Å². The Morgan fingerprint density at radius 3 is 2.50 bits per heavy atom. The number of rotatable bonds is 10. The minimum atomic E-state index is 0.163. The topological polar surface area (TPSA) is 41.5 Å². The van der Waals surface area contributed by atoms with Crippen molar-refractivity contribution in [2.75, 3.05) is 13.7 Å². The first kappa shape index (κ1) is 16.8. The van der Waals surface area contributed by atoms with Gasteiger partial charge in [-0.25, -0.2) is 0 Å². The molecule has 0 heterocycles. The Hall–Kier alpha value is -1.22. The van der Waals surface area contributed by atoms with E-state index < -0.39 is 0 Å². The largest absolute Gasteiger partial charge is 0.507 e. The minimum absolute atomic E-state index is 0.163. The standard InChI is InChI=1S/C17H29NO2/c1-4-5-6-7-8-9-12-18-14(2)16-11-10-15(20-3)13-17(16)19/h10-11,13-14,18-19H,4-9,12H2,1-3H3. The molecule has 1 unspecified atom stereocenters. The van der Waals surface area contributed by atoms with Crippen LogP contribution in [-0.4, -0.2) is 18.8 Å². The molecule has 1 aromatic carbocycles. The van der Waals surface area contributed by atoms with E-state index in [1.165, 1.54) is 38.5 Å². The van der Waals surface area contributed by atoms with Crippen molar-refractivity contribution in [1.29, 1.82) is 0 Å². The van der Waals surface area contributed by atoms with Crippen molar-refractivity contribution in [1.82, 2.24) is 5.32 Å². The fraction of sp³-hybridized carbons (Fsp3) is 0.647. The van der Waals surface area contributed by atoms with Gasteiger partial charge in [0, 0.05) is 17.7 Å². The normalized spacial score (nSPS) is 12.3. The smallest absolute Gasteiger partial charge is 0.124 e. The van der Waals surface area contributed by atoms with Crippen molar-refractivity contribution < 1.29 is 9.84 Å². The first-order chi connectivity index (χ1) is 9.69. The van der Waals surface area contributed by atoms with Crippen LogP contribution in [0.1, 0.15) is 64.0 Å². The Labute approximate surface area is 123 Å². The number of unbranched alkanes of at least 4 members (excludes halogenated alkanes) is 5. The zero-order valence-electron chi connectivity index (χ0n) is 13.1. The SMILES string of the molecule is CCCCCCCCNC(C)c1ccc(OC)cc1O. The summed E-state index contributed by atoms with van der Waals surface area (Å²) in [5.41, 5.74) is 0.928. The van der Waals surface area contributed by atoms with Crippen molar-refractivity contribution in [3.8, 4) is 11.5 Å². The van der Waals surface area contributed by atoms with Crippen molar-refractivity contribution in [3.63, 3.8) is 0 Å². The average molecular weight is 279 g/mol. The third-order valence-corrected chi connectivity index (χ3v) is 3.68. The first-order valence-corrected chi connectivity index (χ1v) is 7.79. The lowest BCUT2D eigenvalue weighted by Gasteiger charge is -2.16. The van der Waals surface area contributed by atoms with Gasteiger partial charge in [-0.2, -0.15) is 0 Å². The van der Waals surface area contributed by atoms with Crippen LogP contribution in [0.3, 0.4) is 0 Å². The molecule has 3 nitrogen and oxygen atoms in total. The van der Waals surface area contributed by atoms with E-state index in [1.54, 1.807) is 13.2 Å². The minimum Gasteiger partial charge on any atom is -0.507 e. The highest BCUT2D eigenvalue weighted by molar-refractivity contribution is 5.41. The van der Waals surface area contributed by atoms with Gasteiger partial charge < -0.3 is 15.2 Å². The summed E-state index contributed by atoms with van der Waals surface area (Å²) in [4.78, 5) is 0. The van der Waals surface area contributed by atoms with Crippen LogP contribution in [0.2, 0.25) is 0 Å². The van der Waals surface area contributed by atoms with Crippen molar-refractivity contribution in [2.24, 2.45) is 0 Å². The lowest BCUT2D eigenvalue weighted by molar-refractivity contribution is 0.403. The molecule has 0 spiro atoms. The van der Waals surface area contributed by atoms with E-state index in [2.05, 4.69) is 19.2 Å². The van der Waals surface area contributed by atoms with E-state index in [0.29, 0.717) is 11.5 Å². The first-order valence-electron chi connectivity index (χ1n) is 7.79. The van der Waals surface area contributed by atoms with Crippen LogP contribution >= 0.6 is 0 Å². The lowest BCUT2D eigenvalue weighted by atomic mass is 10.1. The summed E-state index contributed by atoms with van der Waals surface area (Å²) in [5.74, 6) is 0.988. The molecule has 0 fully saturated rings. The van der Waals surface area contributed by atoms with Crippen LogP contribution in [0.25, 0.3) is 0 Å². The molecule has 0 saturated heterocycles. The third kappa shape index (κ3) is 5.83. The molecule has 0 amide bonds. The number of nitrogens with one attached hydrogen (secondary N) is 1. The van der Waals surface area contributed by atoms with Gasteiger partial charge in [0.25, 0.3) is 0 Å². The van der Waals surface area contributed by atoms with E-state index in [4.69, 9.17) is 4.74 Å². The second-order valence-corrected chi connectivity index (χ2v) is 5.37. The molecule has 0 aliphatic carbocycles. The molecule has 0 aliphatic rings. The molecule has 1 rings (SSSR count).